The average Bonchev–Trinajstić information content (AvgIpc) is 3.29. The molecule has 0 fully saturated rings. The van der Waals surface area contributed by atoms with Gasteiger partial charge in [-0.1, -0.05) is 243 Å². The van der Waals surface area contributed by atoms with Crippen molar-refractivity contribution in [2.24, 2.45) is 0 Å². The minimum atomic E-state index is -0.779. The molecule has 374 valence electrons. The van der Waals surface area contributed by atoms with E-state index in [0.29, 0.717) is 19.3 Å². The van der Waals surface area contributed by atoms with Crippen LogP contribution in [0.3, 0.4) is 0 Å². The van der Waals surface area contributed by atoms with Gasteiger partial charge >= 0.3 is 17.9 Å². The monoisotopic (exact) mass is 899 g/mol. The van der Waals surface area contributed by atoms with Crippen LogP contribution in [0, 0.1) is 0 Å². The van der Waals surface area contributed by atoms with Crippen LogP contribution in [-0.4, -0.2) is 37.2 Å². The maximum absolute atomic E-state index is 12.8. The molecule has 6 nitrogen and oxygen atoms in total. The van der Waals surface area contributed by atoms with E-state index in [1.807, 2.05) is 0 Å². The predicted octanol–water partition coefficient (Wildman–Crippen LogP) is 18.5. The first-order valence-corrected chi connectivity index (χ1v) is 28.0. The highest BCUT2D eigenvalue weighted by Gasteiger charge is 2.19. The zero-order valence-corrected chi connectivity index (χ0v) is 42.8. The van der Waals surface area contributed by atoms with Gasteiger partial charge in [0.05, 0.1) is 0 Å². The summed E-state index contributed by atoms with van der Waals surface area (Å²) in [5, 5.41) is 0. The van der Waals surface area contributed by atoms with Crippen molar-refractivity contribution in [1.29, 1.82) is 0 Å². The van der Waals surface area contributed by atoms with Crippen LogP contribution >= 0.6 is 0 Å². The smallest absolute Gasteiger partial charge is 0.306 e. The number of carbonyl (C=O) groups is 3. The van der Waals surface area contributed by atoms with Crippen LogP contribution in [0.5, 0.6) is 0 Å². The summed E-state index contributed by atoms with van der Waals surface area (Å²) in [4.78, 5) is 38.1. The van der Waals surface area contributed by atoms with Crippen LogP contribution in [0.25, 0.3) is 0 Å². The molecular formula is C58H106O6. The van der Waals surface area contributed by atoms with Crippen LogP contribution < -0.4 is 0 Å². The lowest BCUT2D eigenvalue weighted by atomic mass is 10.0. The van der Waals surface area contributed by atoms with Crippen LogP contribution in [0.1, 0.15) is 297 Å². The number of esters is 3. The molecule has 64 heavy (non-hydrogen) atoms. The Morgan fingerprint density at radius 3 is 0.922 bits per heavy atom. The highest BCUT2D eigenvalue weighted by Crippen LogP contribution is 2.16. The molecule has 0 aromatic carbocycles. The molecule has 0 bridgehead atoms. The average molecular weight is 899 g/mol. The second kappa shape index (κ2) is 53.2. The van der Waals surface area contributed by atoms with Crippen molar-refractivity contribution in [3.8, 4) is 0 Å². The Labute approximate surface area is 397 Å². The normalized spacial score (nSPS) is 12.2. The van der Waals surface area contributed by atoms with Crippen LogP contribution in [-0.2, 0) is 28.6 Å². The fourth-order valence-electron chi connectivity index (χ4n) is 8.10. The van der Waals surface area contributed by atoms with Crippen molar-refractivity contribution < 1.29 is 28.6 Å². The van der Waals surface area contributed by atoms with E-state index in [-0.39, 0.29) is 31.1 Å². The molecule has 0 aliphatic carbocycles. The van der Waals surface area contributed by atoms with Gasteiger partial charge in [-0.05, 0) is 70.6 Å². The lowest BCUT2D eigenvalue weighted by molar-refractivity contribution is -0.167. The van der Waals surface area contributed by atoms with Crippen molar-refractivity contribution in [3.63, 3.8) is 0 Å². The molecule has 0 aliphatic rings. The van der Waals surface area contributed by atoms with Gasteiger partial charge in [-0.2, -0.15) is 0 Å². The summed E-state index contributed by atoms with van der Waals surface area (Å²) in [5.74, 6) is -0.885. The van der Waals surface area contributed by atoms with Crippen molar-refractivity contribution in [2.45, 2.75) is 303 Å². The first-order valence-electron chi connectivity index (χ1n) is 28.0. The first kappa shape index (κ1) is 61.6. The number of hydrogen-bond donors (Lipinski definition) is 0. The second-order valence-electron chi connectivity index (χ2n) is 18.8. The maximum Gasteiger partial charge on any atom is 0.306 e. The van der Waals surface area contributed by atoms with E-state index in [1.54, 1.807) is 0 Å². The van der Waals surface area contributed by atoms with Gasteiger partial charge in [0.25, 0.3) is 0 Å². The van der Waals surface area contributed by atoms with E-state index in [0.717, 1.165) is 89.9 Å². The highest BCUT2D eigenvalue weighted by molar-refractivity contribution is 5.71. The lowest BCUT2D eigenvalue weighted by Gasteiger charge is -2.18. The van der Waals surface area contributed by atoms with Crippen LogP contribution in [0.15, 0.2) is 36.5 Å². The molecule has 0 aliphatic heterocycles. The molecule has 0 rings (SSSR count). The standard InChI is InChI=1S/C58H106O6/c1-4-7-10-13-16-19-22-25-28-29-30-31-34-36-39-42-45-48-51-57(60)63-54-55(64-58(61)52-49-46-43-40-37-33-27-24-21-18-15-12-9-6-3)53-62-56(59)50-47-44-41-38-35-32-26-23-20-17-14-11-8-5-2/h15,18,23-24,26-27,55H,4-14,16-17,19-22,25,28-54H2,1-3H3/b18-15-,26-23-,27-24-. The number of ether oxygens (including phenoxy) is 3. The summed E-state index contributed by atoms with van der Waals surface area (Å²) in [7, 11) is 0. The van der Waals surface area contributed by atoms with Crippen LogP contribution in [0.4, 0.5) is 0 Å². The molecule has 6 heteroatoms. The van der Waals surface area contributed by atoms with Crippen molar-refractivity contribution in [2.75, 3.05) is 13.2 Å². The van der Waals surface area contributed by atoms with E-state index in [1.165, 1.54) is 167 Å². The Hall–Kier alpha value is -2.37. The van der Waals surface area contributed by atoms with Crippen molar-refractivity contribution in [1.82, 2.24) is 0 Å². The van der Waals surface area contributed by atoms with Gasteiger partial charge in [-0.15, -0.1) is 0 Å². The van der Waals surface area contributed by atoms with Gasteiger partial charge in [0.1, 0.15) is 13.2 Å². The Kier molecular flexibility index (Phi) is 51.3. The largest absolute Gasteiger partial charge is 0.462 e. The number of carbonyl (C=O) groups excluding carboxylic acids is 3. The zero-order valence-electron chi connectivity index (χ0n) is 42.8. The topological polar surface area (TPSA) is 78.9 Å². The summed E-state index contributed by atoms with van der Waals surface area (Å²) in [6.45, 7) is 6.61. The summed E-state index contributed by atoms with van der Waals surface area (Å²) in [6, 6.07) is 0. The van der Waals surface area contributed by atoms with Gasteiger partial charge < -0.3 is 14.2 Å². The molecule has 0 spiro atoms. The van der Waals surface area contributed by atoms with E-state index >= 15 is 0 Å². The molecule has 0 aromatic rings. The Morgan fingerprint density at radius 1 is 0.312 bits per heavy atom. The first-order chi connectivity index (χ1) is 31.5. The van der Waals surface area contributed by atoms with Crippen LogP contribution in [0.2, 0.25) is 0 Å². The number of allylic oxidation sites excluding steroid dienone is 6. The summed E-state index contributed by atoms with van der Waals surface area (Å²) >= 11 is 0. The molecular weight excluding hydrogens is 793 g/mol. The van der Waals surface area contributed by atoms with Crippen molar-refractivity contribution in [3.05, 3.63) is 36.5 Å². The quantitative estimate of drug-likeness (QED) is 0.0262. The molecule has 0 N–H and O–H groups in total. The van der Waals surface area contributed by atoms with Gasteiger partial charge in [0, 0.05) is 19.3 Å². The third kappa shape index (κ3) is 50.6. The number of rotatable bonds is 51. The Morgan fingerprint density at radius 2 is 0.578 bits per heavy atom. The molecule has 0 heterocycles. The Bertz CT molecular complexity index is 1080. The highest BCUT2D eigenvalue weighted by atomic mass is 16.6. The van der Waals surface area contributed by atoms with Gasteiger partial charge in [-0.25, -0.2) is 0 Å². The fraction of sp³-hybridized carbons (Fsp3) is 0.845. The van der Waals surface area contributed by atoms with Gasteiger partial charge in [0.15, 0.2) is 6.10 Å². The van der Waals surface area contributed by atoms with Gasteiger partial charge in [-0.3, -0.25) is 14.4 Å². The SMILES string of the molecule is CCCC/C=C\C/C=C\CCCCCCCC(=O)OC(COC(=O)CCCCCCC/C=C\CCCCCCC)COC(=O)CCCCCCCCCCCCCCCCCCCC. The molecule has 1 unspecified atom stereocenters. The van der Waals surface area contributed by atoms with Crippen molar-refractivity contribution >= 4 is 17.9 Å². The third-order valence-corrected chi connectivity index (χ3v) is 12.4. The van der Waals surface area contributed by atoms with Gasteiger partial charge in [0.2, 0.25) is 0 Å². The van der Waals surface area contributed by atoms with E-state index in [4.69, 9.17) is 14.2 Å². The molecule has 0 amide bonds. The molecule has 0 saturated heterocycles. The summed E-state index contributed by atoms with van der Waals surface area (Å²) < 4.78 is 16.8. The van der Waals surface area contributed by atoms with E-state index < -0.39 is 6.10 Å². The number of hydrogen-bond acceptors (Lipinski definition) is 6. The fourth-order valence-corrected chi connectivity index (χ4v) is 8.10. The molecule has 0 radical (unpaired) electrons. The summed E-state index contributed by atoms with van der Waals surface area (Å²) in [5.41, 5.74) is 0. The lowest BCUT2D eigenvalue weighted by Crippen LogP contribution is -2.30. The minimum Gasteiger partial charge on any atom is -0.462 e. The molecule has 1 atom stereocenters. The third-order valence-electron chi connectivity index (χ3n) is 12.4. The minimum absolute atomic E-state index is 0.0771. The maximum atomic E-state index is 12.8. The van der Waals surface area contributed by atoms with E-state index in [2.05, 4.69) is 57.2 Å². The Balaban J connectivity index is 4.34. The van der Waals surface area contributed by atoms with E-state index in [9.17, 15) is 14.4 Å². The summed E-state index contributed by atoms with van der Waals surface area (Å²) in [6.07, 6.45) is 62.7. The zero-order chi connectivity index (χ0) is 46.5. The second-order valence-corrected chi connectivity index (χ2v) is 18.8. The molecule has 0 aromatic heterocycles. The number of unbranched alkanes of at least 4 members (excludes halogenated alkanes) is 34. The molecule has 0 saturated carbocycles. The predicted molar refractivity (Wildman–Crippen MR) is 275 cm³/mol.